The minimum absolute atomic E-state index is 0.672. The number of rotatable bonds is 6. The zero-order chi connectivity index (χ0) is 15.1. The number of nitrogens with one attached hydrogen (secondary N) is 1. The summed E-state index contributed by atoms with van der Waals surface area (Å²) in [5, 5.41) is 12.2. The molecular weight excluding hydrogens is 262 g/mol. The lowest BCUT2D eigenvalue weighted by atomic mass is 10.1. The molecule has 1 N–H and O–H groups in total. The van der Waals surface area contributed by atoms with Crippen molar-refractivity contribution in [3.8, 4) is 6.07 Å². The summed E-state index contributed by atoms with van der Waals surface area (Å²) < 4.78 is 0. The Morgan fingerprint density at radius 3 is 2.95 bits per heavy atom. The lowest BCUT2D eigenvalue weighted by Gasteiger charge is -2.18. The summed E-state index contributed by atoms with van der Waals surface area (Å²) in [6, 6.07) is 9.75. The van der Waals surface area contributed by atoms with Crippen molar-refractivity contribution in [2.45, 2.75) is 19.9 Å². The number of nitrogens with zero attached hydrogens (tertiary/aromatic N) is 4. The van der Waals surface area contributed by atoms with Crippen LogP contribution in [0.2, 0.25) is 0 Å². The molecule has 5 nitrogen and oxygen atoms in total. The zero-order valence-corrected chi connectivity index (χ0v) is 12.4. The quantitative estimate of drug-likeness (QED) is 0.882. The summed E-state index contributed by atoms with van der Waals surface area (Å²) >= 11 is 0. The molecule has 0 radical (unpaired) electrons. The fourth-order valence-corrected chi connectivity index (χ4v) is 1.97. The monoisotopic (exact) mass is 281 g/mol. The van der Waals surface area contributed by atoms with Crippen molar-refractivity contribution in [1.82, 2.24) is 9.97 Å². The van der Waals surface area contributed by atoms with Gasteiger partial charge in [0.15, 0.2) is 0 Å². The van der Waals surface area contributed by atoms with Gasteiger partial charge in [-0.1, -0.05) is 19.1 Å². The summed E-state index contributed by atoms with van der Waals surface area (Å²) in [5.74, 6) is 1.59. The molecule has 108 valence electrons. The topological polar surface area (TPSA) is 64.8 Å². The number of anilines is 2. The molecule has 0 spiro atoms. The molecule has 5 heteroatoms. The normalized spacial score (nSPS) is 9.95. The maximum Gasteiger partial charge on any atom is 0.149 e. The van der Waals surface area contributed by atoms with Crippen LogP contribution >= 0.6 is 0 Å². The van der Waals surface area contributed by atoms with E-state index in [9.17, 15) is 0 Å². The lowest BCUT2D eigenvalue weighted by molar-refractivity contribution is 0.885. The Balaban J connectivity index is 2.09. The summed E-state index contributed by atoms with van der Waals surface area (Å²) in [6.07, 6.45) is 4.51. The first-order chi connectivity index (χ1) is 10.2. The molecule has 0 aliphatic rings. The maximum atomic E-state index is 8.94. The lowest BCUT2D eigenvalue weighted by Crippen LogP contribution is -2.18. The van der Waals surface area contributed by atoms with Crippen molar-refractivity contribution in [2.75, 3.05) is 23.8 Å². The van der Waals surface area contributed by atoms with Gasteiger partial charge in [0.25, 0.3) is 0 Å². The van der Waals surface area contributed by atoms with Crippen LogP contribution in [-0.2, 0) is 6.54 Å². The van der Waals surface area contributed by atoms with Gasteiger partial charge in [-0.3, -0.25) is 4.98 Å². The number of hydrogen-bond donors (Lipinski definition) is 1. The first-order valence-electron chi connectivity index (χ1n) is 6.99. The molecule has 0 unspecified atom stereocenters. The first-order valence-corrected chi connectivity index (χ1v) is 6.99. The highest BCUT2D eigenvalue weighted by molar-refractivity contribution is 5.44. The second-order valence-electron chi connectivity index (χ2n) is 4.86. The number of nitriles is 1. The molecular formula is C16H19N5. The average molecular weight is 281 g/mol. The molecule has 21 heavy (non-hydrogen) atoms. The molecule has 1 heterocycles. The van der Waals surface area contributed by atoms with E-state index < -0.39 is 0 Å². The molecule has 0 amide bonds. The van der Waals surface area contributed by atoms with Crippen LogP contribution in [0.15, 0.2) is 36.7 Å². The van der Waals surface area contributed by atoms with Crippen LogP contribution in [0.1, 0.15) is 24.5 Å². The van der Waals surface area contributed by atoms with E-state index >= 15 is 0 Å². The third-order valence-electron chi connectivity index (χ3n) is 3.04. The Morgan fingerprint density at radius 2 is 2.19 bits per heavy atom. The third-order valence-corrected chi connectivity index (χ3v) is 3.04. The Hall–Kier alpha value is -2.61. The third kappa shape index (κ3) is 4.18. The van der Waals surface area contributed by atoms with Crippen LogP contribution in [-0.4, -0.2) is 23.6 Å². The van der Waals surface area contributed by atoms with Crippen LogP contribution in [0.4, 0.5) is 11.6 Å². The highest BCUT2D eigenvalue weighted by Crippen LogP contribution is 2.14. The van der Waals surface area contributed by atoms with E-state index in [2.05, 4.69) is 28.3 Å². The fraction of sp³-hybridized carbons (Fsp3) is 0.312. The first kappa shape index (κ1) is 14.8. The Bertz CT molecular complexity index is 633. The smallest absolute Gasteiger partial charge is 0.149 e. The molecule has 1 aromatic heterocycles. The molecule has 0 fully saturated rings. The van der Waals surface area contributed by atoms with Gasteiger partial charge < -0.3 is 10.2 Å². The van der Waals surface area contributed by atoms with Gasteiger partial charge in [-0.05, 0) is 24.1 Å². The molecule has 0 atom stereocenters. The molecule has 2 aromatic rings. The highest BCUT2D eigenvalue weighted by atomic mass is 15.2. The van der Waals surface area contributed by atoms with Crippen molar-refractivity contribution in [1.29, 1.82) is 5.26 Å². The molecule has 2 rings (SSSR count). The van der Waals surface area contributed by atoms with Crippen molar-refractivity contribution in [2.24, 2.45) is 0 Å². The second-order valence-corrected chi connectivity index (χ2v) is 4.86. The molecule has 0 saturated carbocycles. The second kappa shape index (κ2) is 7.25. The predicted molar refractivity (Wildman–Crippen MR) is 84.1 cm³/mol. The van der Waals surface area contributed by atoms with Crippen molar-refractivity contribution < 1.29 is 0 Å². The van der Waals surface area contributed by atoms with Gasteiger partial charge in [0.1, 0.15) is 11.6 Å². The van der Waals surface area contributed by atoms with Gasteiger partial charge in [0.05, 0.1) is 24.0 Å². The fourth-order valence-electron chi connectivity index (χ4n) is 1.97. The van der Waals surface area contributed by atoms with Crippen molar-refractivity contribution >= 4 is 11.6 Å². The Morgan fingerprint density at radius 1 is 1.33 bits per heavy atom. The van der Waals surface area contributed by atoms with E-state index in [-0.39, 0.29) is 0 Å². The highest BCUT2D eigenvalue weighted by Gasteiger charge is 2.06. The molecule has 0 aliphatic heterocycles. The van der Waals surface area contributed by atoms with E-state index in [1.54, 1.807) is 18.5 Å². The van der Waals surface area contributed by atoms with E-state index in [1.165, 1.54) is 0 Å². The summed E-state index contributed by atoms with van der Waals surface area (Å²) in [7, 11) is 1.96. The van der Waals surface area contributed by atoms with Gasteiger partial charge in [-0.25, -0.2) is 4.98 Å². The molecule has 0 aliphatic carbocycles. The Kier molecular flexibility index (Phi) is 5.10. The van der Waals surface area contributed by atoms with Gasteiger partial charge in [0, 0.05) is 20.1 Å². The van der Waals surface area contributed by atoms with Crippen molar-refractivity contribution in [3.63, 3.8) is 0 Å². The van der Waals surface area contributed by atoms with Crippen LogP contribution < -0.4 is 10.2 Å². The average Bonchev–Trinajstić information content (AvgIpc) is 2.53. The molecule has 0 bridgehead atoms. The van der Waals surface area contributed by atoms with E-state index in [0.29, 0.717) is 12.1 Å². The van der Waals surface area contributed by atoms with E-state index in [0.717, 1.165) is 30.2 Å². The van der Waals surface area contributed by atoms with Crippen LogP contribution in [0, 0.1) is 11.3 Å². The van der Waals surface area contributed by atoms with Crippen molar-refractivity contribution in [3.05, 3.63) is 47.8 Å². The standard InChI is InChI=1S/C16H19N5/c1-3-7-19-15-10-18-11-16(20-15)21(2)12-14-6-4-5-13(8-14)9-17/h4-6,8,10-11H,3,7,12H2,1-2H3,(H,19,20). The number of benzene rings is 1. The minimum Gasteiger partial charge on any atom is -0.369 e. The van der Waals surface area contributed by atoms with Gasteiger partial charge in [0.2, 0.25) is 0 Å². The van der Waals surface area contributed by atoms with E-state index in [4.69, 9.17) is 5.26 Å². The van der Waals surface area contributed by atoms with Crippen LogP contribution in [0.25, 0.3) is 0 Å². The zero-order valence-electron chi connectivity index (χ0n) is 12.4. The number of hydrogen-bond acceptors (Lipinski definition) is 5. The van der Waals surface area contributed by atoms with Crippen LogP contribution in [0.3, 0.4) is 0 Å². The summed E-state index contributed by atoms with van der Waals surface area (Å²) in [5.41, 5.74) is 1.75. The minimum atomic E-state index is 0.672. The molecule has 0 saturated heterocycles. The van der Waals surface area contributed by atoms with Gasteiger partial charge in [-0.15, -0.1) is 0 Å². The maximum absolute atomic E-state index is 8.94. The Labute approximate surface area is 125 Å². The summed E-state index contributed by atoms with van der Waals surface area (Å²) in [4.78, 5) is 10.8. The van der Waals surface area contributed by atoms with E-state index in [1.807, 2.05) is 30.1 Å². The largest absolute Gasteiger partial charge is 0.369 e. The summed E-state index contributed by atoms with van der Waals surface area (Å²) in [6.45, 7) is 3.67. The molecule has 1 aromatic carbocycles. The van der Waals surface area contributed by atoms with Gasteiger partial charge in [-0.2, -0.15) is 5.26 Å². The number of aromatic nitrogens is 2. The van der Waals surface area contributed by atoms with Gasteiger partial charge >= 0.3 is 0 Å². The van der Waals surface area contributed by atoms with Crippen LogP contribution in [0.5, 0.6) is 0 Å². The SMILES string of the molecule is CCCNc1cncc(N(C)Cc2cccc(C#N)c2)n1. The predicted octanol–water partition coefficient (Wildman–Crippen LogP) is 2.81.